The van der Waals surface area contributed by atoms with Crippen LogP contribution in [-0.2, 0) is 4.57 Å². The second kappa shape index (κ2) is 6.34. The van der Waals surface area contributed by atoms with Gasteiger partial charge in [0, 0.05) is 16.3 Å². The number of aromatic amines is 1. The highest BCUT2D eigenvalue weighted by Gasteiger charge is 2.06. The second-order valence-corrected chi connectivity index (χ2v) is 5.28. The molecule has 1 aromatic heterocycles. The molecule has 3 aromatic carbocycles. The standard InChI is InChI=1S/C12H8NOP.C6H6/c14-15-11-7-3-5-9-8-4-1-2-6-10(8)13-12(9)11;1-2-4-6-5-3-1/h1-7,13H;1-6H. The third kappa shape index (κ3) is 2.86. The normalized spacial score (nSPS) is 10.5. The first-order valence-corrected chi connectivity index (χ1v) is 7.54. The van der Waals surface area contributed by atoms with E-state index in [-0.39, 0.29) is 8.46 Å². The smallest absolute Gasteiger partial charge is 0.194 e. The quantitative estimate of drug-likeness (QED) is 0.496. The zero-order valence-corrected chi connectivity index (χ0v) is 12.3. The van der Waals surface area contributed by atoms with Crippen molar-refractivity contribution in [3.63, 3.8) is 0 Å². The Bertz CT molecular complexity index is 841. The largest absolute Gasteiger partial charge is 0.354 e. The number of nitrogens with one attached hydrogen (secondary N) is 1. The van der Waals surface area contributed by atoms with Crippen molar-refractivity contribution < 1.29 is 4.57 Å². The molecule has 3 heteroatoms. The van der Waals surface area contributed by atoms with Crippen LogP contribution in [0, 0.1) is 0 Å². The minimum Gasteiger partial charge on any atom is -0.354 e. The molecule has 0 aliphatic rings. The first-order valence-electron chi connectivity index (χ1n) is 6.73. The van der Waals surface area contributed by atoms with Crippen LogP contribution < -0.4 is 5.30 Å². The van der Waals surface area contributed by atoms with Gasteiger partial charge in [0.05, 0.1) is 10.8 Å². The number of H-pyrrole nitrogens is 1. The lowest BCUT2D eigenvalue weighted by Gasteiger charge is -1.91. The molecule has 0 saturated heterocycles. The van der Waals surface area contributed by atoms with Gasteiger partial charge in [-0.25, -0.2) is 0 Å². The highest BCUT2D eigenvalue weighted by Crippen LogP contribution is 2.24. The van der Waals surface area contributed by atoms with Crippen molar-refractivity contribution in [2.75, 3.05) is 0 Å². The van der Waals surface area contributed by atoms with Crippen LogP contribution in [0.4, 0.5) is 0 Å². The summed E-state index contributed by atoms with van der Waals surface area (Å²) in [4.78, 5) is 3.29. The third-order valence-corrected chi connectivity index (χ3v) is 3.85. The highest BCUT2D eigenvalue weighted by molar-refractivity contribution is 7.34. The fourth-order valence-electron chi connectivity index (χ4n) is 2.32. The lowest BCUT2D eigenvalue weighted by Crippen LogP contribution is -1.91. The molecule has 0 saturated carbocycles. The van der Waals surface area contributed by atoms with Gasteiger partial charge in [0.1, 0.15) is 0 Å². The van der Waals surface area contributed by atoms with Crippen molar-refractivity contribution in [2.24, 2.45) is 0 Å². The summed E-state index contributed by atoms with van der Waals surface area (Å²) < 4.78 is 11.0. The van der Waals surface area contributed by atoms with Crippen molar-refractivity contribution in [1.29, 1.82) is 0 Å². The summed E-state index contributed by atoms with van der Waals surface area (Å²) in [6.45, 7) is 0. The Labute approximate surface area is 124 Å². The SMILES string of the molecule is O=Pc1cccc2c1[nH]c1ccccc12.c1ccccc1. The minimum absolute atomic E-state index is 0.0598. The Morgan fingerprint density at radius 3 is 1.95 bits per heavy atom. The van der Waals surface area contributed by atoms with Gasteiger partial charge in [0.15, 0.2) is 8.46 Å². The summed E-state index contributed by atoms with van der Waals surface area (Å²) in [5.74, 6) is 0. The highest BCUT2D eigenvalue weighted by atomic mass is 31.1. The molecule has 0 atom stereocenters. The van der Waals surface area contributed by atoms with Crippen LogP contribution in [0.3, 0.4) is 0 Å². The van der Waals surface area contributed by atoms with E-state index < -0.39 is 0 Å². The third-order valence-electron chi connectivity index (χ3n) is 3.28. The molecule has 4 aromatic rings. The Balaban J connectivity index is 0.000000186. The van der Waals surface area contributed by atoms with Gasteiger partial charge in [-0.3, -0.25) is 4.57 Å². The number of aromatic nitrogens is 1. The molecule has 102 valence electrons. The van der Waals surface area contributed by atoms with E-state index in [9.17, 15) is 4.57 Å². The molecule has 0 aliphatic carbocycles. The Morgan fingerprint density at radius 1 is 0.667 bits per heavy atom. The van der Waals surface area contributed by atoms with Crippen molar-refractivity contribution in [2.45, 2.75) is 0 Å². The molecular weight excluding hydrogens is 277 g/mol. The van der Waals surface area contributed by atoms with Crippen molar-refractivity contribution in [3.8, 4) is 0 Å². The first-order chi connectivity index (χ1) is 10.4. The van der Waals surface area contributed by atoms with E-state index in [0.29, 0.717) is 0 Å². The van der Waals surface area contributed by atoms with Crippen molar-refractivity contribution in [3.05, 3.63) is 78.9 Å². The topological polar surface area (TPSA) is 32.9 Å². The molecule has 21 heavy (non-hydrogen) atoms. The van der Waals surface area contributed by atoms with E-state index in [4.69, 9.17) is 0 Å². The predicted octanol–water partition coefficient (Wildman–Crippen LogP) is 4.92. The Morgan fingerprint density at radius 2 is 1.29 bits per heavy atom. The van der Waals surface area contributed by atoms with E-state index in [1.54, 1.807) is 0 Å². The van der Waals surface area contributed by atoms with Gasteiger partial charge < -0.3 is 4.98 Å². The van der Waals surface area contributed by atoms with Crippen molar-refractivity contribution in [1.82, 2.24) is 4.98 Å². The average Bonchev–Trinajstić information content (AvgIpc) is 2.96. The van der Waals surface area contributed by atoms with Gasteiger partial charge in [-0.1, -0.05) is 66.7 Å². The van der Waals surface area contributed by atoms with Crippen molar-refractivity contribution >= 4 is 35.6 Å². The molecule has 0 fully saturated rings. The van der Waals surface area contributed by atoms with Crippen LogP contribution in [0.5, 0.6) is 0 Å². The maximum atomic E-state index is 11.0. The molecule has 1 N–H and O–H groups in total. The summed E-state index contributed by atoms with van der Waals surface area (Å²) >= 11 is 0. The van der Waals surface area contributed by atoms with Gasteiger partial charge in [0.2, 0.25) is 0 Å². The molecular formula is C18H14NOP. The number of rotatable bonds is 1. The molecule has 4 rings (SSSR count). The van der Waals surface area contributed by atoms with E-state index in [1.807, 2.05) is 72.8 Å². The maximum absolute atomic E-state index is 11.0. The summed E-state index contributed by atoms with van der Waals surface area (Å²) in [6, 6.07) is 25.9. The summed E-state index contributed by atoms with van der Waals surface area (Å²) in [5.41, 5.74) is 2.05. The minimum atomic E-state index is 0.0598. The van der Waals surface area contributed by atoms with Gasteiger partial charge in [0.25, 0.3) is 0 Å². The van der Waals surface area contributed by atoms with Crippen LogP contribution in [0.15, 0.2) is 78.9 Å². The van der Waals surface area contributed by atoms with E-state index >= 15 is 0 Å². The van der Waals surface area contributed by atoms with Gasteiger partial charge in [-0.05, 0) is 12.1 Å². The second-order valence-electron chi connectivity index (χ2n) is 4.62. The summed E-state index contributed by atoms with van der Waals surface area (Å²) in [7, 11) is 0.0598. The lowest BCUT2D eigenvalue weighted by atomic mass is 10.1. The molecule has 0 unspecified atom stereocenters. The average molecular weight is 291 g/mol. The van der Waals surface area contributed by atoms with E-state index in [0.717, 1.165) is 21.7 Å². The fourth-order valence-corrected chi connectivity index (χ4v) is 2.73. The van der Waals surface area contributed by atoms with Crippen LogP contribution >= 0.6 is 8.46 Å². The number of para-hydroxylation sites is 2. The first kappa shape index (κ1) is 13.5. The number of benzene rings is 3. The lowest BCUT2D eigenvalue weighted by molar-refractivity contribution is 0.603. The number of fused-ring (bicyclic) bond motifs is 3. The molecule has 0 radical (unpaired) electrons. The Kier molecular flexibility index (Phi) is 4.09. The number of hydrogen-bond donors (Lipinski definition) is 1. The molecule has 1 heterocycles. The van der Waals surface area contributed by atoms with Gasteiger partial charge in [-0.15, -0.1) is 0 Å². The van der Waals surface area contributed by atoms with Gasteiger partial charge in [-0.2, -0.15) is 0 Å². The molecule has 0 amide bonds. The molecule has 0 bridgehead atoms. The predicted molar refractivity (Wildman–Crippen MR) is 89.5 cm³/mol. The van der Waals surface area contributed by atoms with Crippen LogP contribution in [-0.4, -0.2) is 4.98 Å². The van der Waals surface area contributed by atoms with Crippen LogP contribution in [0.2, 0.25) is 0 Å². The van der Waals surface area contributed by atoms with E-state index in [2.05, 4.69) is 11.1 Å². The number of hydrogen-bond acceptors (Lipinski definition) is 1. The van der Waals surface area contributed by atoms with Crippen LogP contribution in [0.25, 0.3) is 21.8 Å². The zero-order valence-electron chi connectivity index (χ0n) is 11.4. The molecule has 2 nitrogen and oxygen atoms in total. The van der Waals surface area contributed by atoms with E-state index in [1.165, 1.54) is 5.39 Å². The van der Waals surface area contributed by atoms with Gasteiger partial charge >= 0.3 is 0 Å². The maximum Gasteiger partial charge on any atom is 0.194 e. The molecule has 0 aliphatic heterocycles. The monoisotopic (exact) mass is 291 g/mol. The summed E-state index contributed by atoms with van der Waals surface area (Å²) in [6.07, 6.45) is 0. The molecule has 0 spiro atoms. The fraction of sp³-hybridized carbons (Fsp3) is 0. The summed E-state index contributed by atoms with van der Waals surface area (Å²) in [5, 5.41) is 3.12. The van der Waals surface area contributed by atoms with Crippen LogP contribution in [0.1, 0.15) is 0 Å². The zero-order chi connectivity index (χ0) is 14.5. The Hall–Kier alpha value is -2.44.